The summed E-state index contributed by atoms with van der Waals surface area (Å²) < 4.78 is 2.01. The molecule has 0 fully saturated rings. The minimum atomic E-state index is 0.0303. The van der Waals surface area contributed by atoms with Crippen LogP contribution in [-0.2, 0) is 6.42 Å². The van der Waals surface area contributed by atoms with Crippen molar-refractivity contribution in [2.75, 3.05) is 0 Å². The quantitative estimate of drug-likeness (QED) is 0.626. The second-order valence-corrected chi connectivity index (χ2v) is 5.26. The van der Waals surface area contributed by atoms with Crippen molar-refractivity contribution in [2.45, 2.75) is 45.7 Å². The Morgan fingerprint density at radius 3 is 2.85 bits per heavy atom. The van der Waals surface area contributed by atoms with Crippen molar-refractivity contribution in [1.29, 1.82) is 0 Å². The minimum absolute atomic E-state index is 0.0303. The summed E-state index contributed by atoms with van der Waals surface area (Å²) in [6.45, 7) is 6.36. The predicted octanol–water partition coefficient (Wildman–Crippen LogP) is 2.30. The van der Waals surface area contributed by atoms with E-state index in [1.165, 1.54) is 0 Å². The van der Waals surface area contributed by atoms with Crippen LogP contribution < -0.4 is 11.3 Å². The molecule has 0 aliphatic rings. The van der Waals surface area contributed by atoms with Gasteiger partial charge in [0.25, 0.3) is 0 Å². The average Bonchev–Trinajstić information content (AvgIpc) is 2.92. The van der Waals surface area contributed by atoms with Gasteiger partial charge in [-0.25, -0.2) is 0 Å². The molecule has 2 heterocycles. The molecule has 0 bridgehead atoms. The molecule has 5 heteroatoms. The molecule has 0 saturated heterocycles. The molecule has 20 heavy (non-hydrogen) atoms. The Bertz CT molecular complexity index is 549. The van der Waals surface area contributed by atoms with E-state index in [2.05, 4.69) is 41.5 Å². The molecule has 0 amide bonds. The van der Waals surface area contributed by atoms with E-state index < -0.39 is 0 Å². The highest BCUT2D eigenvalue weighted by Gasteiger charge is 2.13. The Labute approximate surface area is 120 Å². The van der Waals surface area contributed by atoms with E-state index >= 15 is 0 Å². The third-order valence-corrected chi connectivity index (χ3v) is 3.62. The third kappa shape index (κ3) is 3.43. The van der Waals surface area contributed by atoms with Gasteiger partial charge in [0.2, 0.25) is 0 Å². The van der Waals surface area contributed by atoms with Gasteiger partial charge in [0, 0.05) is 31.1 Å². The van der Waals surface area contributed by atoms with Gasteiger partial charge in [0.15, 0.2) is 0 Å². The summed E-state index contributed by atoms with van der Waals surface area (Å²) in [5.41, 5.74) is 6.11. The number of hydrogen-bond donors (Lipinski definition) is 2. The molecular formula is C15H23N5. The largest absolute Gasteiger partial charge is 0.271 e. The van der Waals surface area contributed by atoms with Gasteiger partial charge >= 0.3 is 0 Å². The van der Waals surface area contributed by atoms with Crippen LogP contribution in [0.2, 0.25) is 0 Å². The fourth-order valence-corrected chi connectivity index (χ4v) is 2.17. The van der Waals surface area contributed by atoms with Gasteiger partial charge in [-0.2, -0.15) is 5.10 Å². The predicted molar refractivity (Wildman–Crippen MR) is 80.0 cm³/mol. The van der Waals surface area contributed by atoms with Gasteiger partial charge < -0.3 is 0 Å². The summed E-state index contributed by atoms with van der Waals surface area (Å²) in [5.74, 6) is 5.68. The van der Waals surface area contributed by atoms with Crippen LogP contribution in [0.4, 0.5) is 0 Å². The molecule has 0 aromatic carbocycles. The third-order valence-electron chi connectivity index (χ3n) is 3.62. The highest BCUT2D eigenvalue weighted by Crippen LogP contribution is 2.18. The van der Waals surface area contributed by atoms with Crippen molar-refractivity contribution in [3.63, 3.8) is 0 Å². The molecule has 2 rings (SSSR count). The van der Waals surface area contributed by atoms with E-state index in [0.29, 0.717) is 6.04 Å². The van der Waals surface area contributed by atoms with Crippen LogP contribution in [0.25, 0.3) is 0 Å². The molecule has 0 saturated carbocycles. The van der Waals surface area contributed by atoms with Gasteiger partial charge in [-0.1, -0.05) is 13.0 Å². The SMILES string of the molecule is CCC(C)n1ccc(CC(NN)c2cncc(C)c2)n1. The zero-order chi connectivity index (χ0) is 14.5. The standard InChI is InChI=1S/C15H23N5/c1-4-12(3)20-6-5-14(19-20)8-15(18-16)13-7-11(2)9-17-10-13/h5-7,9-10,12,15,18H,4,8,16H2,1-3H3. The molecule has 0 radical (unpaired) electrons. The maximum Gasteiger partial charge on any atom is 0.0644 e. The topological polar surface area (TPSA) is 68.8 Å². The lowest BCUT2D eigenvalue weighted by molar-refractivity contribution is 0.467. The molecule has 3 N–H and O–H groups in total. The molecule has 2 aromatic heterocycles. The van der Waals surface area contributed by atoms with Gasteiger partial charge in [-0.3, -0.25) is 20.9 Å². The number of pyridine rings is 1. The summed E-state index contributed by atoms with van der Waals surface area (Å²) in [7, 11) is 0. The first-order valence-corrected chi connectivity index (χ1v) is 7.05. The number of nitrogens with zero attached hydrogens (tertiary/aromatic N) is 3. The molecule has 2 aromatic rings. The number of aryl methyl sites for hydroxylation is 1. The highest BCUT2D eigenvalue weighted by atomic mass is 15.3. The van der Waals surface area contributed by atoms with E-state index in [1.54, 1.807) is 0 Å². The Morgan fingerprint density at radius 1 is 1.40 bits per heavy atom. The Hall–Kier alpha value is -1.72. The van der Waals surface area contributed by atoms with E-state index in [1.807, 2.05) is 30.2 Å². The first-order valence-electron chi connectivity index (χ1n) is 7.05. The van der Waals surface area contributed by atoms with Crippen LogP contribution in [0.15, 0.2) is 30.7 Å². The lowest BCUT2D eigenvalue weighted by Gasteiger charge is -2.15. The lowest BCUT2D eigenvalue weighted by Crippen LogP contribution is -2.30. The van der Waals surface area contributed by atoms with E-state index in [-0.39, 0.29) is 6.04 Å². The monoisotopic (exact) mass is 273 g/mol. The van der Waals surface area contributed by atoms with Crippen molar-refractivity contribution in [2.24, 2.45) is 5.84 Å². The molecule has 108 valence electrons. The van der Waals surface area contributed by atoms with Crippen LogP contribution in [0.5, 0.6) is 0 Å². The zero-order valence-electron chi connectivity index (χ0n) is 12.4. The number of hydrazine groups is 1. The first-order chi connectivity index (χ1) is 9.63. The molecular weight excluding hydrogens is 250 g/mol. The summed E-state index contributed by atoms with van der Waals surface area (Å²) >= 11 is 0. The van der Waals surface area contributed by atoms with Gasteiger partial charge in [0.05, 0.1) is 11.7 Å². The van der Waals surface area contributed by atoms with E-state index in [0.717, 1.165) is 29.7 Å². The lowest BCUT2D eigenvalue weighted by atomic mass is 10.0. The van der Waals surface area contributed by atoms with E-state index in [4.69, 9.17) is 5.84 Å². The number of hydrogen-bond acceptors (Lipinski definition) is 4. The van der Waals surface area contributed by atoms with Crippen molar-refractivity contribution >= 4 is 0 Å². The van der Waals surface area contributed by atoms with Crippen LogP contribution >= 0.6 is 0 Å². The Balaban J connectivity index is 2.12. The normalized spacial score (nSPS) is 14.2. The summed E-state index contributed by atoms with van der Waals surface area (Å²) in [6.07, 6.45) is 7.55. The fraction of sp³-hybridized carbons (Fsp3) is 0.467. The number of nitrogens with one attached hydrogen (secondary N) is 1. The molecule has 2 unspecified atom stereocenters. The fourth-order valence-electron chi connectivity index (χ4n) is 2.17. The molecule has 0 aliphatic heterocycles. The molecule has 0 spiro atoms. The maximum atomic E-state index is 5.68. The summed E-state index contributed by atoms with van der Waals surface area (Å²) in [5, 5.41) is 4.62. The first kappa shape index (κ1) is 14.7. The Kier molecular flexibility index (Phi) is 4.87. The van der Waals surface area contributed by atoms with Crippen LogP contribution in [0.1, 0.15) is 49.2 Å². The number of nitrogens with two attached hydrogens (primary N) is 1. The zero-order valence-corrected chi connectivity index (χ0v) is 12.4. The van der Waals surface area contributed by atoms with Gasteiger partial charge in [0.1, 0.15) is 0 Å². The highest BCUT2D eigenvalue weighted by molar-refractivity contribution is 5.21. The van der Waals surface area contributed by atoms with Crippen LogP contribution in [0, 0.1) is 6.92 Å². The maximum absolute atomic E-state index is 5.68. The number of rotatable bonds is 6. The van der Waals surface area contributed by atoms with Crippen molar-refractivity contribution in [3.8, 4) is 0 Å². The van der Waals surface area contributed by atoms with Crippen molar-refractivity contribution < 1.29 is 0 Å². The van der Waals surface area contributed by atoms with Crippen molar-refractivity contribution in [3.05, 3.63) is 47.5 Å². The number of aromatic nitrogens is 3. The summed E-state index contributed by atoms with van der Waals surface area (Å²) in [6, 6.07) is 4.61. The van der Waals surface area contributed by atoms with E-state index in [9.17, 15) is 0 Å². The molecule has 0 aliphatic carbocycles. The van der Waals surface area contributed by atoms with Gasteiger partial charge in [-0.05, 0) is 37.5 Å². The second-order valence-electron chi connectivity index (χ2n) is 5.26. The smallest absolute Gasteiger partial charge is 0.0644 e. The van der Waals surface area contributed by atoms with Crippen molar-refractivity contribution in [1.82, 2.24) is 20.2 Å². The second kappa shape index (κ2) is 6.63. The van der Waals surface area contributed by atoms with Crippen LogP contribution in [-0.4, -0.2) is 14.8 Å². The minimum Gasteiger partial charge on any atom is -0.271 e. The Morgan fingerprint density at radius 2 is 2.20 bits per heavy atom. The molecule has 5 nitrogen and oxygen atoms in total. The van der Waals surface area contributed by atoms with Crippen LogP contribution in [0.3, 0.4) is 0 Å². The van der Waals surface area contributed by atoms with Gasteiger partial charge in [-0.15, -0.1) is 0 Å². The summed E-state index contributed by atoms with van der Waals surface area (Å²) in [4.78, 5) is 4.22. The molecule has 2 atom stereocenters. The average molecular weight is 273 g/mol.